The highest BCUT2D eigenvalue weighted by molar-refractivity contribution is 7.88. The van der Waals surface area contributed by atoms with Crippen molar-refractivity contribution < 1.29 is 12.8 Å². The smallest absolute Gasteiger partial charge is 0.215 e. The Morgan fingerprint density at radius 2 is 2.00 bits per heavy atom. The zero-order valence-electron chi connectivity index (χ0n) is 10.9. The molecule has 0 bridgehead atoms. The highest BCUT2D eigenvalue weighted by Crippen LogP contribution is 2.13. The van der Waals surface area contributed by atoms with E-state index in [9.17, 15) is 12.8 Å². The zero-order valence-corrected chi connectivity index (χ0v) is 11.7. The van der Waals surface area contributed by atoms with Gasteiger partial charge in [-0.3, -0.25) is 0 Å². The van der Waals surface area contributed by atoms with E-state index in [1.165, 1.54) is 18.2 Å². The number of nitrogens with one attached hydrogen (secondary N) is 1. The lowest BCUT2D eigenvalue weighted by Crippen LogP contribution is -2.26. The molecule has 5 heteroatoms. The molecule has 0 amide bonds. The number of benzene rings is 1. The van der Waals surface area contributed by atoms with E-state index in [4.69, 9.17) is 0 Å². The fraction of sp³-hybridized carbons (Fsp3) is 0.538. The maximum absolute atomic E-state index is 12.9. The first kappa shape index (κ1) is 15.1. The average Bonchev–Trinajstić information content (AvgIpc) is 2.28. The normalized spacial score (nSPS) is 11.7. The third-order valence-electron chi connectivity index (χ3n) is 2.75. The average molecular weight is 273 g/mol. The summed E-state index contributed by atoms with van der Waals surface area (Å²) in [7, 11) is -3.32. The zero-order chi connectivity index (χ0) is 13.6. The Morgan fingerprint density at radius 1 is 1.28 bits per heavy atom. The minimum atomic E-state index is -3.32. The van der Waals surface area contributed by atoms with Crippen LogP contribution in [0.25, 0.3) is 0 Å². The predicted molar refractivity (Wildman–Crippen MR) is 71.3 cm³/mol. The molecular formula is C13H20FNO2S. The van der Waals surface area contributed by atoms with Crippen molar-refractivity contribution in [2.75, 3.05) is 6.54 Å². The van der Waals surface area contributed by atoms with Gasteiger partial charge in [-0.15, -0.1) is 0 Å². The number of rotatable bonds is 7. The van der Waals surface area contributed by atoms with Gasteiger partial charge in [0.2, 0.25) is 10.0 Å². The van der Waals surface area contributed by atoms with Crippen molar-refractivity contribution in [2.24, 2.45) is 0 Å². The molecule has 0 unspecified atom stereocenters. The van der Waals surface area contributed by atoms with E-state index in [2.05, 4.69) is 11.6 Å². The second kappa shape index (κ2) is 6.85. The molecule has 0 saturated carbocycles. The number of halogens is 1. The van der Waals surface area contributed by atoms with Crippen LogP contribution in [-0.2, 0) is 15.8 Å². The third kappa shape index (κ3) is 5.14. The molecule has 102 valence electrons. The van der Waals surface area contributed by atoms with Gasteiger partial charge in [0.05, 0.1) is 5.75 Å². The van der Waals surface area contributed by atoms with Crippen molar-refractivity contribution in [1.82, 2.24) is 4.72 Å². The summed E-state index contributed by atoms with van der Waals surface area (Å²) in [4.78, 5) is 0. The van der Waals surface area contributed by atoms with Gasteiger partial charge in [0.1, 0.15) is 5.82 Å². The summed E-state index contributed by atoms with van der Waals surface area (Å²) in [6.07, 6.45) is 2.91. The van der Waals surface area contributed by atoms with Crippen LogP contribution in [0.5, 0.6) is 0 Å². The number of hydrogen-bond acceptors (Lipinski definition) is 2. The summed E-state index contributed by atoms with van der Waals surface area (Å²) in [5.74, 6) is -0.435. The lowest BCUT2D eigenvalue weighted by molar-refractivity contribution is 0.574. The first-order valence-corrected chi connectivity index (χ1v) is 7.82. The maximum Gasteiger partial charge on any atom is 0.215 e. The van der Waals surface area contributed by atoms with Crippen LogP contribution < -0.4 is 4.72 Å². The second-order valence-corrected chi connectivity index (χ2v) is 6.24. The van der Waals surface area contributed by atoms with Gasteiger partial charge in [-0.05, 0) is 36.6 Å². The highest BCUT2D eigenvalue weighted by atomic mass is 32.2. The van der Waals surface area contributed by atoms with Crippen molar-refractivity contribution in [3.63, 3.8) is 0 Å². The minimum absolute atomic E-state index is 0.0920. The summed E-state index contributed by atoms with van der Waals surface area (Å²) in [6, 6.07) is 4.16. The molecule has 0 aromatic heterocycles. The molecule has 0 heterocycles. The molecular weight excluding hydrogens is 253 g/mol. The highest BCUT2D eigenvalue weighted by Gasteiger charge is 2.12. The van der Waals surface area contributed by atoms with Crippen molar-refractivity contribution in [3.8, 4) is 0 Å². The Bertz CT molecular complexity index is 486. The number of sulfonamides is 1. The van der Waals surface area contributed by atoms with Crippen LogP contribution in [-0.4, -0.2) is 15.0 Å². The van der Waals surface area contributed by atoms with Gasteiger partial charge in [-0.25, -0.2) is 17.5 Å². The predicted octanol–water partition coefficient (Wildman–Crippen LogP) is 2.74. The topological polar surface area (TPSA) is 46.2 Å². The van der Waals surface area contributed by atoms with Crippen molar-refractivity contribution in [3.05, 3.63) is 35.1 Å². The molecule has 0 radical (unpaired) electrons. The standard InChI is InChI=1S/C13H20FNO2S/c1-3-4-5-8-15-18(16,17)10-12-6-7-13(14)9-11(12)2/h6-7,9,15H,3-5,8,10H2,1-2H3. The monoisotopic (exact) mass is 273 g/mol. The molecule has 0 atom stereocenters. The van der Waals surface area contributed by atoms with Gasteiger partial charge >= 0.3 is 0 Å². The fourth-order valence-electron chi connectivity index (χ4n) is 1.68. The Morgan fingerprint density at radius 3 is 2.61 bits per heavy atom. The van der Waals surface area contributed by atoms with Gasteiger partial charge in [-0.1, -0.05) is 25.8 Å². The van der Waals surface area contributed by atoms with Gasteiger partial charge in [-0.2, -0.15) is 0 Å². The number of aryl methyl sites for hydroxylation is 1. The summed E-state index contributed by atoms with van der Waals surface area (Å²) < 4.78 is 39.1. The number of unbranched alkanes of at least 4 members (excludes halogenated alkanes) is 2. The van der Waals surface area contributed by atoms with E-state index in [-0.39, 0.29) is 11.6 Å². The Labute approximate surface area is 108 Å². The van der Waals surface area contributed by atoms with Gasteiger partial charge in [0, 0.05) is 6.54 Å². The Kier molecular flexibility index (Phi) is 5.75. The lowest BCUT2D eigenvalue weighted by Gasteiger charge is -2.08. The molecule has 0 fully saturated rings. The molecule has 1 N–H and O–H groups in total. The van der Waals surface area contributed by atoms with Gasteiger partial charge < -0.3 is 0 Å². The van der Waals surface area contributed by atoms with Crippen molar-refractivity contribution in [2.45, 2.75) is 38.9 Å². The van der Waals surface area contributed by atoms with Crippen LogP contribution >= 0.6 is 0 Å². The van der Waals surface area contributed by atoms with Crippen LogP contribution in [0.2, 0.25) is 0 Å². The summed E-state index contributed by atoms with van der Waals surface area (Å²) in [6.45, 7) is 4.25. The first-order chi connectivity index (χ1) is 8.44. The lowest BCUT2D eigenvalue weighted by atomic mass is 10.1. The van der Waals surface area contributed by atoms with Crippen molar-refractivity contribution in [1.29, 1.82) is 0 Å². The molecule has 3 nitrogen and oxygen atoms in total. The molecule has 0 aliphatic carbocycles. The maximum atomic E-state index is 12.9. The van der Waals surface area contributed by atoms with E-state index in [0.717, 1.165) is 19.3 Å². The van der Waals surface area contributed by atoms with Crippen LogP contribution in [0.3, 0.4) is 0 Å². The van der Waals surface area contributed by atoms with Crippen LogP contribution in [0, 0.1) is 12.7 Å². The molecule has 0 saturated heterocycles. The molecule has 1 rings (SSSR count). The minimum Gasteiger partial charge on any atom is -0.215 e. The van der Waals surface area contributed by atoms with Crippen molar-refractivity contribution >= 4 is 10.0 Å². The Hall–Kier alpha value is -0.940. The molecule has 0 aliphatic heterocycles. The van der Waals surface area contributed by atoms with Crippen LogP contribution in [0.4, 0.5) is 4.39 Å². The first-order valence-electron chi connectivity index (χ1n) is 6.17. The quantitative estimate of drug-likeness (QED) is 0.776. The third-order valence-corrected chi connectivity index (χ3v) is 4.09. The number of hydrogen-bond donors (Lipinski definition) is 1. The SMILES string of the molecule is CCCCCNS(=O)(=O)Cc1ccc(F)cc1C. The van der Waals surface area contributed by atoms with Crippen LogP contribution in [0.1, 0.15) is 37.3 Å². The summed E-state index contributed by atoms with van der Waals surface area (Å²) >= 11 is 0. The molecule has 1 aromatic carbocycles. The van der Waals surface area contributed by atoms with E-state index in [1.54, 1.807) is 6.92 Å². The molecule has 0 spiro atoms. The van der Waals surface area contributed by atoms with E-state index in [1.807, 2.05) is 0 Å². The summed E-state index contributed by atoms with van der Waals surface area (Å²) in [5.41, 5.74) is 1.30. The van der Waals surface area contributed by atoms with Gasteiger partial charge in [0.15, 0.2) is 0 Å². The van der Waals surface area contributed by atoms with Gasteiger partial charge in [0.25, 0.3) is 0 Å². The Balaban J connectivity index is 2.59. The molecule has 0 aliphatic rings. The largest absolute Gasteiger partial charge is 0.215 e. The van der Waals surface area contributed by atoms with Crippen LogP contribution in [0.15, 0.2) is 18.2 Å². The molecule has 18 heavy (non-hydrogen) atoms. The summed E-state index contributed by atoms with van der Waals surface area (Å²) in [5, 5.41) is 0. The van der Waals surface area contributed by atoms with E-state index < -0.39 is 10.0 Å². The van der Waals surface area contributed by atoms with E-state index >= 15 is 0 Å². The fourth-order valence-corrected chi connectivity index (χ4v) is 2.97. The second-order valence-electron chi connectivity index (χ2n) is 4.43. The van der Waals surface area contributed by atoms with E-state index in [0.29, 0.717) is 17.7 Å². The molecule has 1 aromatic rings.